The molecule has 6 nitrogen and oxygen atoms in total. The van der Waals surface area contributed by atoms with Crippen molar-refractivity contribution in [3.05, 3.63) is 34.3 Å². The van der Waals surface area contributed by atoms with Crippen LogP contribution >= 0.6 is 11.3 Å². The number of aryl methyl sites for hydroxylation is 2. The monoisotopic (exact) mass is 331 g/mol. The molecule has 0 unspecified atom stereocenters. The number of amides is 2. The van der Waals surface area contributed by atoms with Crippen molar-refractivity contribution in [2.75, 3.05) is 23.9 Å². The maximum Gasteiger partial charge on any atom is 0.257 e. The van der Waals surface area contributed by atoms with Crippen molar-refractivity contribution >= 4 is 34.0 Å². The van der Waals surface area contributed by atoms with E-state index in [1.165, 1.54) is 16.2 Å². The van der Waals surface area contributed by atoms with E-state index in [4.69, 9.17) is 4.74 Å². The fourth-order valence-corrected chi connectivity index (χ4v) is 3.10. The standard InChI is InChI=1S/C16H17N3O3S/c1-9-10(2)23-16(17-9)18-15(21)11-4-5-13-12(8-11)19(3)14(20)6-7-22-13/h4-5,8H,6-7H2,1-3H3,(H,17,18,21). The van der Waals surface area contributed by atoms with Crippen LogP contribution in [0.5, 0.6) is 5.75 Å². The minimum atomic E-state index is -0.258. The fraction of sp³-hybridized carbons (Fsp3) is 0.312. The minimum Gasteiger partial charge on any atom is -0.491 e. The number of carbonyl (C=O) groups excluding carboxylic acids is 2. The topological polar surface area (TPSA) is 71.5 Å². The smallest absolute Gasteiger partial charge is 0.257 e. The Balaban J connectivity index is 1.87. The van der Waals surface area contributed by atoms with E-state index in [9.17, 15) is 9.59 Å². The van der Waals surface area contributed by atoms with Crippen LogP contribution in [0, 0.1) is 13.8 Å². The van der Waals surface area contributed by atoms with E-state index in [0.717, 1.165) is 10.6 Å². The molecule has 2 heterocycles. The number of ether oxygens (including phenoxy) is 1. The number of rotatable bonds is 2. The summed E-state index contributed by atoms with van der Waals surface area (Å²) in [5.74, 6) is 0.315. The molecular formula is C16H17N3O3S. The number of thiazole rings is 1. The maximum atomic E-state index is 12.4. The second-order valence-electron chi connectivity index (χ2n) is 5.35. The summed E-state index contributed by atoms with van der Waals surface area (Å²) in [6, 6.07) is 5.07. The Kier molecular flexibility index (Phi) is 4.04. The lowest BCUT2D eigenvalue weighted by atomic mass is 10.1. The zero-order valence-electron chi connectivity index (χ0n) is 13.2. The molecule has 0 aliphatic carbocycles. The Morgan fingerprint density at radius 3 is 2.87 bits per heavy atom. The summed E-state index contributed by atoms with van der Waals surface area (Å²) in [6.45, 7) is 4.21. The Morgan fingerprint density at radius 2 is 2.17 bits per heavy atom. The molecule has 1 N–H and O–H groups in total. The second-order valence-corrected chi connectivity index (χ2v) is 6.55. The van der Waals surface area contributed by atoms with Gasteiger partial charge in [-0.3, -0.25) is 14.9 Å². The fourth-order valence-electron chi connectivity index (χ4n) is 2.29. The van der Waals surface area contributed by atoms with Gasteiger partial charge in [0.15, 0.2) is 5.13 Å². The van der Waals surface area contributed by atoms with Gasteiger partial charge in [0.2, 0.25) is 5.91 Å². The highest BCUT2D eigenvalue weighted by molar-refractivity contribution is 7.15. The highest BCUT2D eigenvalue weighted by Crippen LogP contribution is 2.32. The number of aromatic nitrogens is 1. The van der Waals surface area contributed by atoms with Gasteiger partial charge in [0, 0.05) is 17.5 Å². The zero-order chi connectivity index (χ0) is 16.6. The average Bonchev–Trinajstić information content (AvgIpc) is 2.76. The summed E-state index contributed by atoms with van der Waals surface area (Å²) in [5, 5.41) is 3.36. The largest absolute Gasteiger partial charge is 0.491 e. The third-order valence-corrected chi connectivity index (χ3v) is 4.77. The maximum absolute atomic E-state index is 12.4. The van der Waals surface area contributed by atoms with Gasteiger partial charge in [-0.05, 0) is 32.0 Å². The SMILES string of the molecule is Cc1nc(NC(=O)c2ccc3c(c2)N(C)C(=O)CCO3)sc1C. The summed E-state index contributed by atoms with van der Waals surface area (Å²) in [5.41, 5.74) is 1.97. The lowest BCUT2D eigenvalue weighted by Crippen LogP contribution is -2.25. The van der Waals surface area contributed by atoms with Gasteiger partial charge in [0.25, 0.3) is 5.91 Å². The Bertz CT molecular complexity index is 765. The van der Waals surface area contributed by atoms with Gasteiger partial charge in [-0.1, -0.05) is 0 Å². The first-order valence-corrected chi connectivity index (χ1v) is 8.06. The number of fused-ring (bicyclic) bond motifs is 1. The normalized spacial score (nSPS) is 14.0. The van der Waals surface area contributed by atoms with Gasteiger partial charge in [0.05, 0.1) is 24.4 Å². The molecule has 0 spiro atoms. The molecule has 1 aromatic heterocycles. The van der Waals surface area contributed by atoms with Crippen LogP contribution in [0.3, 0.4) is 0 Å². The minimum absolute atomic E-state index is 0.0347. The Hall–Kier alpha value is -2.41. The van der Waals surface area contributed by atoms with Crippen LogP contribution in [0.4, 0.5) is 10.8 Å². The molecule has 1 aliphatic heterocycles. The van der Waals surface area contributed by atoms with Gasteiger partial charge in [-0.2, -0.15) is 0 Å². The number of benzene rings is 1. The van der Waals surface area contributed by atoms with Crippen molar-refractivity contribution in [2.24, 2.45) is 0 Å². The van der Waals surface area contributed by atoms with Crippen molar-refractivity contribution in [2.45, 2.75) is 20.3 Å². The molecule has 7 heteroatoms. The number of carbonyl (C=O) groups is 2. The number of nitrogens with one attached hydrogen (secondary N) is 1. The third kappa shape index (κ3) is 3.05. The third-order valence-electron chi connectivity index (χ3n) is 3.78. The molecule has 0 bridgehead atoms. The van der Waals surface area contributed by atoms with E-state index >= 15 is 0 Å². The highest BCUT2D eigenvalue weighted by Gasteiger charge is 2.21. The van der Waals surface area contributed by atoms with E-state index < -0.39 is 0 Å². The summed E-state index contributed by atoms with van der Waals surface area (Å²) >= 11 is 1.44. The molecule has 0 fully saturated rings. The average molecular weight is 331 g/mol. The van der Waals surface area contributed by atoms with E-state index in [0.29, 0.717) is 35.2 Å². The number of hydrogen-bond acceptors (Lipinski definition) is 5. The molecular weight excluding hydrogens is 314 g/mol. The van der Waals surface area contributed by atoms with Crippen molar-refractivity contribution in [1.82, 2.24) is 4.98 Å². The van der Waals surface area contributed by atoms with Crippen molar-refractivity contribution < 1.29 is 14.3 Å². The van der Waals surface area contributed by atoms with Crippen LogP contribution in [0.2, 0.25) is 0 Å². The van der Waals surface area contributed by atoms with Gasteiger partial charge in [-0.15, -0.1) is 11.3 Å². The van der Waals surface area contributed by atoms with E-state index in [2.05, 4.69) is 10.3 Å². The first-order valence-electron chi connectivity index (χ1n) is 7.24. The zero-order valence-corrected chi connectivity index (χ0v) is 14.0. The molecule has 0 atom stereocenters. The molecule has 0 saturated carbocycles. The first kappa shape index (κ1) is 15.5. The van der Waals surface area contributed by atoms with Gasteiger partial charge >= 0.3 is 0 Å². The predicted octanol–water partition coefficient (Wildman–Crippen LogP) is 2.76. The lowest BCUT2D eigenvalue weighted by Gasteiger charge is -2.17. The van der Waals surface area contributed by atoms with Gasteiger partial charge in [0.1, 0.15) is 5.75 Å². The predicted molar refractivity (Wildman–Crippen MR) is 89.5 cm³/mol. The first-order chi connectivity index (χ1) is 11.0. The summed E-state index contributed by atoms with van der Waals surface area (Å²) in [6.07, 6.45) is 0.324. The summed E-state index contributed by atoms with van der Waals surface area (Å²) < 4.78 is 5.56. The van der Waals surface area contributed by atoms with Gasteiger partial charge in [-0.25, -0.2) is 4.98 Å². The summed E-state index contributed by atoms with van der Waals surface area (Å²) in [7, 11) is 1.69. The number of hydrogen-bond donors (Lipinski definition) is 1. The molecule has 0 saturated heterocycles. The molecule has 1 aliphatic rings. The highest BCUT2D eigenvalue weighted by atomic mass is 32.1. The van der Waals surface area contributed by atoms with Crippen LogP contribution < -0.4 is 15.0 Å². The quantitative estimate of drug-likeness (QED) is 0.918. The summed E-state index contributed by atoms with van der Waals surface area (Å²) in [4.78, 5) is 31.2. The number of nitrogens with zero attached hydrogens (tertiary/aromatic N) is 2. The van der Waals surface area contributed by atoms with Crippen molar-refractivity contribution in [1.29, 1.82) is 0 Å². The van der Waals surface area contributed by atoms with Crippen LogP contribution in [0.15, 0.2) is 18.2 Å². The molecule has 2 amide bonds. The van der Waals surface area contributed by atoms with Crippen molar-refractivity contribution in [3.8, 4) is 5.75 Å². The molecule has 23 heavy (non-hydrogen) atoms. The molecule has 2 aromatic rings. The Labute approximate surface area is 138 Å². The number of anilines is 2. The molecule has 1 aromatic carbocycles. The van der Waals surface area contributed by atoms with Crippen LogP contribution in [-0.2, 0) is 4.79 Å². The Morgan fingerprint density at radius 1 is 1.39 bits per heavy atom. The molecule has 0 radical (unpaired) electrons. The van der Waals surface area contributed by atoms with E-state index in [-0.39, 0.29) is 11.8 Å². The molecule has 3 rings (SSSR count). The van der Waals surface area contributed by atoms with Crippen LogP contribution in [0.1, 0.15) is 27.3 Å². The van der Waals surface area contributed by atoms with Crippen LogP contribution in [-0.4, -0.2) is 30.5 Å². The van der Waals surface area contributed by atoms with Crippen LogP contribution in [0.25, 0.3) is 0 Å². The van der Waals surface area contributed by atoms with E-state index in [1.807, 2.05) is 13.8 Å². The van der Waals surface area contributed by atoms with E-state index in [1.54, 1.807) is 25.2 Å². The molecule has 120 valence electrons. The van der Waals surface area contributed by atoms with Crippen molar-refractivity contribution in [3.63, 3.8) is 0 Å². The lowest BCUT2D eigenvalue weighted by molar-refractivity contribution is -0.118. The second kappa shape index (κ2) is 6.00. The van der Waals surface area contributed by atoms with Gasteiger partial charge < -0.3 is 9.64 Å².